The first-order valence-corrected chi connectivity index (χ1v) is 9.80. The minimum absolute atomic E-state index is 0.0141. The van der Waals surface area contributed by atoms with Crippen LogP contribution in [0.25, 0.3) is 33.3 Å². The molecule has 9 nitrogen and oxygen atoms in total. The van der Waals surface area contributed by atoms with Crippen molar-refractivity contribution in [1.29, 1.82) is 0 Å². The molecule has 0 aliphatic rings. The number of fused-ring (bicyclic) bond motifs is 2. The Hall–Kier alpha value is -3.49. The first-order chi connectivity index (χ1) is 14.2. The summed E-state index contributed by atoms with van der Waals surface area (Å²) in [5.41, 5.74) is 2.23. The Morgan fingerprint density at radius 3 is 2.47 bits per heavy atom. The van der Waals surface area contributed by atoms with E-state index in [-0.39, 0.29) is 23.4 Å². The van der Waals surface area contributed by atoms with E-state index >= 15 is 0 Å². The summed E-state index contributed by atoms with van der Waals surface area (Å²) in [5, 5.41) is 3.29. The Morgan fingerprint density at radius 2 is 1.83 bits per heavy atom. The molecule has 0 amide bonds. The van der Waals surface area contributed by atoms with Gasteiger partial charge in [-0.2, -0.15) is 0 Å². The van der Waals surface area contributed by atoms with Gasteiger partial charge in [-0.15, -0.1) is 0 Å². The quantitative estimate of drug-likeness (QED) is 0.525. The van der Waals surface area contributed by atoms with Crippen molar-refractivity contribution in [2.75, 3.05) is 7.11 Å². The highest BCUT2D eigenvalue weighted by molar-refractivity contribution is 6.06. The number of aromatic amines is 2. The number of methoxy groups -OCH3 is 1. The van der Waals surface area contributed by atoms with Crippen LogP contribution in [0.4, 0.5) is 0 Å². The maximum absolute atomic E-state index is 13.0. The highest BCUT2D eigenvalue weighted by atomic mass is 16.5. The van der Waals surface area contributed by atoms with Crippen molar-refractivity contribution >= 4 is 22.2 Å². The minimum atomic E-state index is -0.300. The molecule has 2 N–H and O–H groups in total. The van der Waals surface area contributed by atoms with Gasteiger partial charge in [-0.3, -0.25) is 24.1 Å². The third-order valence-electron chi connectivity index (χ3n) is 5.03. The summed E-state index contributed by atoms with van der Waals surface area (Å²) in [6.07, 6.45) is -0.0162. The molecule has 4 rings (SSSR count). The number of nitrogens with one attached hydrogen (secondary N) is 2. The molecule has 3 aromatic heterocycles. The van der Waals surface area contributed by atoms with E-state index < -0.39 is 0 Å². The van der Waals surface area contributed by atoms with E-state index in [0.717, 1.165) is 5.56 Å². The van der Waals surface area contributed by atoms with Crippen LogP contribution >= 0.6 is 0 Å². The van der Waals surface area contributed by atoms with Gasteiger partial charge in [0.25, 0.3) is 5.56 Å². The van der Waals surface area contributed by atoms with Gasteiger partial charge in [-0.05, 0) is 45.4 Å². The van der Waals surface area contributed by atoms with Crippen LogP contribution in [0, 0.1) is 0 Å². The fourth-order valence-electron chi connectivity index (χ4n) is 3.70. The summed E-state index contributed by atoms with van der Waals surface area (Å²) < 4.78 is 14.5. The predicted molar refractivity (Wildman–Crippen MR) is 116 cm³/mol. The summed E-state index contributed by atoms with van der Waals surface area (Å²) in [4.78, 5) is 32.7. The van der Waals surface area contributed by atoms with Crippen molar-refractivity contribution in [2.24, 2.45) is 7.05 Å². The van der Waals surface area contributed by atoms with Crippen LogP contribution in [-0.2, 0) is 7.05 Å². The second-order valence-corrected chi connectivity index (χ2v) is 7.81. The van der Waals surface area contributed by atoms with Gasteiger partial charge >= 0.3 is 5.69 Å². The molecule has 0 spiro atoms. The van der Waals surface area contributed by atoms with E-state index in [9.17, 15) is 9.59 Å². The molecule has 0 saturated carbocycles. The molecule has 4 aromatic rings. The number of aromatic nitrogens is 5. The zero-order valence-corrected chi connectivity index (χ0v) is 17.9. The van der Waals surface area contributed by atoms with Crippen molar-refractivity contribution in [3.8, 4) is 22.6 Å². The maximum Gasteiger partial charge on any atom is 0.327 e. The normalized spacial score (nSPS) is 11.9. The fourth-order valence-corrected chi connectivity index (χ4v) is 3.70. The SMILES string of the molecule is COc1cc(-c2c3c(=O)[nH]n(C(C)C)c3nc3[nH]c(=O)n(C)c23)ccc1OC(C)C. The van der Waals surface area contributed by atoms with Gasteiger partial charge < -0.3 is 9.47 Å². The summed E-state index contributed by atoms with van der Waals surface area (Å²) in [7, 11) is 3.22. The molecule has 0 atom stereocenters. The Bertz CT molecular complexity index is 1370. The molecule has 9 heteroatoms. The van der Waals surface area contributed by atoms with Crippen molar-refractivity contribution in [3.05, 3.63) is 39.0 Å². The molecule has 0 aliphatic heterocycles. The number of imidazole rings is 1. The molecule has 0 unspecified atom stereocenters. The van der Waals surface area contributed by atoms with Crippen LogP contribution in [-0.4, -0.2) is 37.5 Å². The van der Waals surface area contributed by atoms with Crippen LogP contribution < -0.4 is 20.7 Å². The third kappa shape index (κ3) is 2.97. The summed E-state index contributed by atoms with van der Waals surface area (Å²) in [5.74, 6) is 1.15. The molecule has 30 heavy (non-hydrogen) atoms. The highest BCUT2D eigenvalue weighted by Crippen LogP contribution is 2.38. The van der Waals surface area contributed by atoms with Gasteiger partial charge in [-0.25, -0.2) is 9.78 Å². The number of H-pyrrole nitrogens is 2. The largest absolute Gasteiger partial charge is 0.493 e. The topological polar surface area (TPSA) is 107 Å². The van der Waals surface area contributed by atoms with Gasteiger partial charge in [0, 0.05) is 18.7 Å². The van der Waals surface area contributed by atoms with E-state index in [2.05, 4.69) is 15.1 Å². The smallest absolute Gasteiger partial charge is 0.327 e. The lowest BCUT2D eigenvalue weighted by Gasteiger charge is -2.15. The third-order valence-corrected chi connectivity index (χ3v) is 5.03. The number of hydrogen-bond acceptors (Lipinski definition) is 5. The van der Waals surface area contributed by atoms with Crippen LogP contribution in [0.2, 0.25) is 0 Å². The fraction of sp³-hybridized carbons (Fsp3) is 0.381. The standard InChI is InChI=1S/C21H25N5O4/c1-10(2)26-19-16(20(27)24-26)15(17-18(22-19)23-21(28)25(17)5)12-7-8-13(30-11(3)4)14(9-12)29-6/h7-11H,1-6H3,(H,24,27)(H,22,23,28). The molecule has 3 heterocycles. The van der Waals surface area contributed by atoms with E-state index in [1.807, 2.05) is 45.9 Å². The Morgan fingerprint density at radius 1 is 1.10 bits per heavy atom. The maximum atomic E-state index is 13.0. The van der Waals surface area contributed by atoms with Gasteiger partial charge in [0.1, 0.15) is 0 Å². The number of hydrogen-bond donors (Lipinski definition) is 2. The lowest BCUT2D eigenvalue weighted by Crippen LogP contribution is -2.12. The average Bonchev–Trinajstić information content (AvgIpc) is 3.17. The second kappa shape index (κ2) is 7.08. The molecule has 0 saturated heterocycles. The Balaban J connectivity index is 2.13. The molecular formula is C21H25N5O4. The highest BCUT2D eigenvalue weighted by Gasteiger charge is 2.23. The predicted octanol–water partition coefficient (Wildman–Crippen LogP) is 2.95. The lowest BCUT2D eigenvalue weighted by molar-refractivity contribution is 0.230. The zero-order chi connectivity index (χ0) is 21.7. The number of rotatable bonds is 5. The molecule has 0 bridgehead atoms. The Labute approximate surface area is 172 Å². The summed E-state index contributed by atoms with van der Waals surface area (Å²) in [6.45, 7) is 7.78. The van der Waals surface area contributed by atoms with Crippen LogP contribution in [0.5, 0.6) is 11.5 Å². The van der Waals surface area contributed by atoms with Crippen LogP contribution in [0.1, 0.15) is 33.7 Å². The van der Waals surface area contributed by atoms with Gasteiger partial charge in [0.05, 0.1) is 24.1 Å². The van der Waals surface area contributed by atoms with Gasteiger partial charge in [0.15, 0.2) is 22.8 Å². The number of pyridine rings is 1. The molecule has 0 radical (unpaired) electrons. The molecule has 1 aromatic carbocycles. The lowest BCUT2D eigenvalue weighted by atomic mass is 10.0. The summed E-state index contributed by atoms with van der Waals surface area (Å²) >= 11 is 0. The van der Waals surface area contributed by atoms with E-state index in [1.54, 1.807) is 18.8 Å². The first kappa shape index (κ1) is 19.8. The van der Waals surface area contributed by atoms with Gasteiger partial charge in [0.2, 0.25) is 0 Å². The van der Waals surface area contributed by atoms with Crippen molar-refractivity contribution in [3.63, 3.8) is 0 Å². The monoisotopic (exact) mass is 411 g/mol. The second-order valence-electron chi connectivity index (χ2n) is 7.81. The van der Waals surface area contributed by atoms with Crippen LogP contribution in [0.3, 0.4) is 0 Å². The Kier molecular flexibility index (Phi) is 4.68. The molecule has 158 valence electrons. The van der Waals surface area contributed by atoms with E-state index in [0.29, 0.717) is 39.3 Å². The van der Waals surface area contributed by atoms with E-state index in [1.165, 1.54) is 4.57 Å². The van der Waals surface area contributed by atoms with Crippen molar-refractivity contribution in [2.45, 2.75) is 39.8 Å². The van der Waals surface area contributed by atoms with Gasteiger partial charge in [-0.1, -0.05) is 6.07 Å². The average molecular weight is 411 g/mol. The first-order valence-electron chi connectivity index (χ1n) is 9.80. The number of ether oxygens (including phenoxy) is 2. The van der Waals surface area contributed by atoms with Crippen LogP contribution in [0.15, 0.2) is 27.8 Å². The van der Waals surface area contributed by atoms with Crippen molar-refractivity contribution < 1.29 is 9.47 Å². The van der Waals surface area contributed by atoms with Crippen molar-refractivity contribution in [1.82, 2.24) is 24.3 Å². The summed E-state index contributed by atoms with van der Waals surface area (Å²) in [6, 6.07) is 5.47. The zero-order valence-electron chi connectivity index (χ0n) is 17.9. The number of nitrogens with zero attached hydrogens (tertiary/aromatic N) is 3. The van der Waals surface area contributed by atoms with E-state index in [4.69, 9.17) is 9.47 Å². The number of aryl methyl sites for hydroxylation is 1. The molecular weight excluding hydrogens is 386 g/mol. The minimum Gasteiger partial charge on any atom is -0.493 e. The number of benzene rings is 1. The molecule has 0 aliphatic carbocycles. The molecule has 0 fully saturated rings.